The lowest BCUT2D eigenvalue weighted by atomic mass is 10.1. The largest absolute Gasteiger partial charge is 0.384 e. The molecule has 0 saturated carbocycles. The zero-order valence-corrected chi connectivity index (χ0v) is 8.23. The van der Waals surface area contributed by atoms with E-state index in [2.05, 4.69) is 10.1 Å². The summed E-state index contributed by atoms with van der Waals surface area (Å²) in [5.74, 6) is 0.549. The number of hydrogen-bond acceptors (Lipinski definition) is 3. The van der Waals surface area contributed by atoms with Crippen molar-refractivity contribution in [3.05, 3.63) is 30.1 Å². The van der Waals surface area contributed by atoms with E-state index in [4.69, 9.17) is 5.73 Å². The minimum Gasteiger partial charge on any atom is -0.384 e. The van der Waals surface area contributed by atoms with Crippen molar-refractivity contribution in [3.8, 4) is 11.3 Å². The molecule has 72 valence electrons. The molecule has 0 aromatic carbocycles. The van der Waals surface area contributed by atoms with Crippen molar-refractivity contribution in [1.29, 1.82) is 0 Å². The standard InChI is InChI=1S/C10H12N4/c1-7-5-10(11)12-6-8(7)9-3-4-13-14(9)2/h3-6H,1-2H3,(H2,11,12). The highest BCUT2D eigenvalue weighted by Gasteiger charge is 2.06. The molecule has 0 aliphatic rings. The summed E-state index contributed by atoms with van der Waals surface area (Å²) in [5, 5.41) is 4.11. The van der Waals surface area contributed by atoms with Crippen LogP contribution in [0.4, 0.5) is 5.82 Å². The van der Waals surface area contributed by atoms with Crippen LogP contribution in [0.2, 0.25) is 0 Å². The van der Waals surface area contributed by atoms with Crippen molar-refractivity contribution < 1.29 is 0 Å². The fourth-order valence-electron chi connectivity index (χ4n) is 1.48. The fourth-order valence-corrected chi connectivity index (χ4v) is 1.48. The first-order valence-electron chi connectivity index (χ1n) is 4.39. The second kappa shape index (κ2) is 3.14. The van der Waals surface area contributed by atoms with Gasteiger partial charge in [0, 0.05) is 25.0 Å². The number of aryl methyl sites for hydroxylation is 2. The van der Waals surface area contributed by atoms with Gasteiger partial charge in [0.2, 0.25) is 0 Å². The molecule has 0 radical (unpaired) electrons. The average Bonchev–Trinajstić information content (AvgIpc) is 2.52. The fraction of sp³-hybridized carbons (Fsp3) is 0.200. The van der Waals surface area contributed by atoms with Gasteiger partial charge in [0.05, 0.1) is 5.69 Å². The summed E-state index contributed by atoms with van der Waals surface area (Å²) < 4.78 is 1.82. The molecule has 0 amide bonds. The lowest BCUT2D eigenvalue weighted by Gasteiger charge is -2.05. The molecule has 4 nitrogen and oxygen atoms in total. The Bertz CT molecular complexity index is 459. The van der Waals surface area contributed by atoms with Gasteiger partial charge in [-0.15, -0.1) is 0 Å². The SMILES string of the molecule is Cc1cc(N)ncc1-c1ccnn1C. The van der Waals surface area contributed by atoms with Crippen LogP contribution in [0.3, 0.4) is 0 Å². The first kappa shape index (κ1) is 8.74. The topological polar surface area (TPSA) is 56.7 Å². The third-order valence-corrected chi connectivity index (χ3v) is 2.23. The summed E-state index contributed by atoms with van der Waals surface area (Å²) in [6, 6.07) is 3.82. The molecule has 0 atom stereocenters. The number of aromatic nitrogens is 3. The van der Waals surface area contributed by atoms with Crippen molar-refractivity contribution in [3.63, 3.8) is 0 Å². The lowest BCUT2D eigenvalue weighted by Crippen LogP contribution is -1.97. The molecule has 0 bridgehead atoms. The summed E-state index contributed by atoms with van der Waals surface area (Å²) in [6.45, 7) is 2.01. The van der Waals surface area contributed by atoms with Crippen molar-refractivity contribution in [2.45, 2.75) is 6.92 Å². The molecule has 2 aromatic rings. The smallest absolute Gasteiger partial charge is 0.123 e. The van der Waals surface area contributed by atoms with Crippen molar-refractivity contribution in [2.75, 3.05) is 5.73 Å². The van der Waals surface area contributed by atoms with Crippen LogP contribution in [-0.4, -0.2) is 14.8 Å². The predicted molar refractivity (Wildman–Crippen MR) is 55.6 cm³/mol. The van der Waals surface area contributed by atoms with Crippen molar-refractivity contribution in [2.24, 2.45) is 7.05 Å². The number of anilines is 1. The van der Waals surface area contributed by atoms with Gasteiger partial charge in [-0.2, -0.15) is 5.10 Å². The van der Waals surface area contributed by atoms with Gasteiger partial charge in [-0.3, -0.25) is 4.68 Å². The molecule has 0 aliphatic carbocycles. The summed E-state index contributed by atoms with van der Waals surface area (Å²) >= 11 is 0. The third kappa shape index (κ3) is 1.35. The van der Waals surface area contributed by atoms with Crippen LogP contribution in [0.5, 0.6) is 0 Å². The Hall–Kier alpha value is -1.84. The third-order valence-electron chi connectivity index (χ3n) is 2.23. The van der Waals surface area contributed by atoms with Crippen LogP contribution in [0.15, 0.2) is 24.5 Å². The number of pyridine rings is 1. The van der Waals surface area contributed by atoms with E-state index in [1.54, 1.807) is 12.4 Å². The highest BCUT2D eigenvalue weighted by molar-refractivity contribution is 5.64. The second-order valence-corrected chi connectivity index (χ2v) is 3.26. The van der Waals surface area contributed by atoms with Gasteiger partial charge in [-0.05, 0) is 24.6 Å². The maximum atomic E-state index is 5.59. The first-order valence-corrected chi connectivity index (χ1v) is 4.39. The van der Waals surface area contributed by atoms with Gasteiger partial charge >= 0.3 is 0 Å². The Morgan fingerprint density at radius 1 is 1.43 bits per heavy atom. The van der Waals surface area contributed by atoms with Crippen LogP contribution in [-0.2, 0) is 7.05 Å². The van der Waals surface area contributed by atoms with Crippen LogP contribution >= 0.6 is 0 Å². The monoisotopic (exact) mass is 188 g/mol. The highest BCUT2D eigenvalue weighted by atomic mass is 15.3. The summed E-state index contributed by atoms with van der Waals surface area (Å²) in [7, 11) is 1.91. The number of nitrogens with two attached hydrogens (primary N) is 1. The molecule has 0 unspecified atom stereocenters. The molecular weight excluding hydrogens is 176 g/mol. The van der Waals surface area contributed by atoms with E-state index >= 15 is 0 Å². The van der Waals surface area contributed by atoms with Crippen molar-refractivity contribution in [1.82, 2.24) is 14.8 Å². The van der Waals surface area contributed by atoms with Gasteiger partial charge in [0.15, 0.2) is 0 Å². The van der Waals surface area contributed by atoms with E-state index in [-0.39, 0.29) is 0 Å². The molecule has 0 fully saturated rings. The minimum atomic E-state index is 0.549. The first-order chi connectivity index (χ1) is 6.68. The molecule has 2 heterocycles. The molecule has 0 saturated heterocycles. The maximum Gasteiger partial charge on any atom is 0.123 e. The van der Waals surface area contributed by atoms with E-state index in [0.29, 0.717) is 5.82 Å². The molecular formula is C10H12N4. The Balaban J connectivity index is 2.58. The molecule has 2 rings (SSSR count). The van der Waals surface area contributed by atoms with Gasteiger partial charge in [-0.1, -0.05) is 0 Å². The molecule has 0 aliphatic heterocycles. The van der Waals surface area contributed by atoms with E-state index < -0.39 is 0 Å². The number of nitrogens with zero attached hydrogens (tertiary/aromatic N) is 3. The van der Waals surface area contributed by atoms with E-state index in [0.717, 1.165) is 16.8 Å². The molecule has 2 aromatic heterocycles. The number of nitrogen functional groups attached to an aromatic ring is 1. The van der Waals surface area contributed by atoms with Gasteiger partial charge < -0.3 is 5.73 Å². The van der Waals surface area contributed by atoms with Crippen LogP contribution in [0.1, 0.15) is 5.56 Å². The number of rotatable bonds is 1. The van der Waals surface area contributed by atoms with Crippen LogP contribution < -0.4 is 5.73 Å². The van der Waals surface area contributed by atoms with E-state index in [1.807, 2.05) is 30.8 Å². The zero-order chi connectivity index (χ0) is 10.1. The van der Waals surface area contributed by atoms with E-state index in [1.165, 1.54) is 0 Å². The van der Waals surface area contributed by atoms with Gasteiger partial charge in [-0.25, -0.2) is 4.98 Å². The summed E-state index contributed by atoms with van der Waals surface area (Å²) in [4.78, 5) is 4.07. The quantitative estimate of drug-likeness (QED) is 0.735. The zero-order valence-electron chi connectivity index (χ0n) is 8.23. The maximum absolute atomic E-state index is 5.59. The van der Waals surface area contributed by atoms with Gasteiger partial charge in [0.1, 0.15) is 5.82 Å². The average molecular weight is 188 g/mol. The summed E-state index contributed by atoms with van der Waals surface area (Å²) in [6.07, 6.45) is 3.55. The predicted octanol–water partition coefficient (Wildman–Crippen LogP) is 1.37. The Morgan fingerprint density at radius 2 is 2.21 bits per heavy atom. The molecule has 0 spiro atoms. The van der Waals surface area contributed by atoms with Crippen molar-refractivity contribution >= 4 is 5.82 Å². The highest BCUT2D eigenvalue weighted by Crippen LogP contribution is 2.22. The molecule has 2 N–H and O–H groups in total. The Morgan fingerprint density at radius 3 is 2.79 bits per heavy atom. The summed E-state index contributed by atoms with van der Waals surface area (Å²) in [5.41, 5.74) is 8.82. The minimum absolute atomic E-state index is 0.549. The van der Waals surface area contributed by atoms with Gasteiger partial charge in [0.25, 0.3) is 0 Å². The van der Waals surface area contributed by atoms with Crippen LogP contribution in [0, 0.1) is 6.92 Å². The number of hydrogen-bond donors (Lipinski definition) is 1. The lowest BCUT2D eigenvalue weighted by molar-refractivity contribution is 0.775. The Kier molecular flexibility index (Phi) is 1.96. The Labute approximate surface area is 82.4 Å². The molecule has 14 heavy (non-hydrogen) atoms. The molecule has 4 heteroatoms. The normalized spacial score (nSPS) is 10.4. The second-order valence-electron chi connectivity index (χ2n) is 3.26. The van der Waals surface area contributed by atoms with E-state index in [9.17, 15) is 0 Å². The van der Waals surface area contributed by atoms with Crippen LogP contribution in [0.25, 0.3) is 11.3 Å².